The third kappa shape index (κ3) is 3.58. The Labute approximate surface area is 112 Å². The number of rotatable bonds is 4. The summed E-state index contributed by atoms with van der Waals surface area (Å²) in [6.07, 6.45) is 0.716. The van der Waals surface area contributed by atoms with E-state index in [2.05, 4.69) is 0 Å². The van der Waals surface area contributed by atoms with Gasteiger partial charge in [-0.1, -0.05) is 24.3 Å². The number of phenols is 1. The van der Waals surface area contributed by atoms with Gasteiger partial charge in [-0.25, -0.2) is 4.79 Å². The molecule has 0 saturated heterocycles. The number of hydrogen-bond donors (Lipinski definition) is 1. The number of esters is 1. The molecule has 0 spiro atoms. The molecule has 3 nitrogen and oxygen atoms in total. The summed E-state index contributed by atoms with van der Waals surface area (Å²) in [6.45, 7) is 2.17. The van der Waals surface area contributed by atoms with Crippen LogP contribution in [0.4, 0.5) is 0 Å². The van der Waals surface area contributed by atoms with Gasteiger partial charge in [0.1, 0.15) is 5.75 Å². The molecule has 19 heavy (non-hydrogen) atoms. The van der Waals surface area contributed by atoms with Gasteiger partial charge in [0, 0.05) is 0 Å². The van der Waals surface area contributed by atoms with Gasteiger partial charge < -0.3 is 9.84 Å². The van der Waals surface area contributed by atoms with Gasteiger partial charge in [0.25, 0.3) is 0 Å². The van der Waals surface area contributed by atoms with E-state index in [1.165, 1.54) is 0 Å². The quantitative estimate of drug-likeness (QED) is 0.855. The van der Waals surface area contributed by atoms with Crippen molar-refractivity contribution in [2.45, 2.75) is 13.3 Å². The summed E-state index contributed by atoms with van der Waals surface area (Å²) in [5, 5.41) is 9.24. The molecule has 0 unspecified atom stereocenters. The highest BCUT2D eigenvalue weighted by molar-refractivity contribution is 5.89. The maximum Gasteiger partial charge on any atom is 0.338 e. The third-order valence-electron chi connectivity index (χ3n) is 2.78. The molecule has 3 heteroatoms. The highest BCUT2D eigenvalue weighted by atomic mass is 16.5. The number of phenolic OH excluding ortho intramolecular Hbond substituents is 1. The topological polar surface area (TPSA) is 46.5 Å². The van der Waals surface area contributed by atoms with Crippen molar-refractivity contribution in [1.29, 1.82) is 0 Å². The lowest BCUT2D eigenvalue weighted by Crippen LogP contribution is -2.05. The SMILES string of the molecule is CCOC(=O)c1cccc(Cc2ccc(O)cc2)c1. The van der Waals surface area contributed by atoms with Gasteiger partial charge in [-0.15, -0.1) is 0 Å². The van der Waals surface area contributed by atoms with Crippen LogP contribution in [0.2, 0.25) is 0 Å². The number of aromatic hydroxyl groups is 1. The van der Waals surface area contributed by atoms with Gasteiger partial charge in [0.2, 0.25) is 0 Å². The Hall–Kier alpha value is -2.29. The number of carbonyl (C=O) groups is 1. The lowest BCUT2D eigenvalue weighted by Gasteiger charge is -2.05. The van der Waals surface area contributed by atoms with E-state index in [1.54, 1.807) is 25.1 Å². The molecule has 2 aromatic rings. The Kier molecular flexibility index (Phi) is 4.18. The van der Waals surface area contributed by atoms with Gasteiger partial charge in [-0.2, -0.15) is 0 Å². The zero-order valence-corrected chi connectivity index (χ0v) is 10.8. The molecule has 0 atom stereocenters. The molecule has 0 saturated carbocycles. The minimum absolute atomic E-state index is 0.254. The van der Waals surface area contributed by atoms with E-state index in [-0.39, 0.29) is 11.7 Å². The van der Waals surface area contributed by atoms with E-state index in [4.69, 9.17) is 4.74 Å². The first-order valence-electron chi connectivity index (χ1n) is 6.23. The first-order chi connectivity index (χ1) is 9.19. The summed E-state index contributed by atoms with van der Waals surface area (Å²) in [6, 6.07) is 14.5. The lowest BCUT2D eigenvalue weighted by atomic mass is 10.0. The smallest absolute Gasteiger partial charge is 0.338 e. The Morgan fingerprint density at radius 3 is 2.53 bits per heavy atom. The first-order valence-corrected chi connectivity index (χ1v) is 6.23. The maximum atomic E-state index is 11.6. The standard InChI is InChI=1S/C16H16O3/c1-2-19-16(18)14-5-3-4-13(11-14)10-12-6-8-15(17)9-7-12/h3-9,11,17H,2,10H2,1H3. The Balaban J connectivity index is 2.15. The molecular weight excluding hydrogens is 240 g/mol. The zero-order valence-electron chi connectivity index (χ0n) is 10.8. The van der Waals surface area contributed by atoms with Crippen LogP contribution >= 0.6 is 0 Å². The van der Waals surface area contributed by atoms with Gasteiger partial charge >= 0.3 is 5.97 Å². The second-order valence-corrected chi connectivity index (χ2v) is 4.26. The largest absolute Gasteiger partial charge is 0.508 e. The highest BCUT2D eigenvalue weighted by Gasteiger charge is 2.06. The number of hydrogen-bond acceptors (Lipinski definition) is 3. The van der Waals surface area contributed by atoms with Crippen LogP contribution < -0.4 is 0 Å². The average molecular weight is 256 g/mol. The van der Waals surface area contributed by atoms with Crippen molar-refractivity contribution in [3.8, 4) is 5.75 Å². The van der Waals surface area contributed by atoms with Gasteiger partial charge in [-0.05, 0) is 48.7 Å². The number of ether oxygens (including phenoxy) is 1. The van der Waals surface area contributed by atoms with E-state index in [0.29, 0.717) is 18.6 Å². The van der Waals surface area contributed by atoms with E-state index in [9.17, 15) is 9.90 Å². The molecule has 0 aliphatic heterocycles. The summed E-state index contributed by atoms with van der Waals surface area (Å²) < 4.78 is 4.98. The summed E-state index contributed by atoms with van der Waals surface area (Å²) in [5.74, 6) is -0.0425. The predicted molar refractivity (Wildman–Crippen MR) is 73.3 cm³/mol. The highest BCUT2D eigenvalue weighted by Crippen LogP contribution is 2.15. The maximum absolute atomic E-state index is 11.6. The van der Waals surface area contributed by atoms with Crippen molar-refractivity contribution in [3.05, 3.63) is 65.2 Å². The van der Waals surface area contributed by atoms with Crippen molar-refractivity contribution in [2.75, 3.05) is 6.61 Å². The fourth-order valence-corrected chi connectivity index (χ4v) is 1.87. The molecule has 0 amide bonds. The molecule has 1 N–H and O–H groups in total. The van der Waals surface area contributed by atoms with Crippen molar-refractivity contribution in [3.63, 3.8) is 0 Å². The first kappa shape index (κ1) is 13.1. The van der Waals surface area contributed by atoms with Crippen LogP contribution in [0.5, 0.6) is 5.75 Å². The van der Waals surface area contributed by atoms with E-state index >= 15 is 0 Å². The molecule has 2 aromatic carbocycles. The van der Waals surface area contributed by atoms with Crippen molar-refractivity contribution in [2.24, 2.45) is 0 Å². The molecule has 2 rings (SSSR count). The van der Waals surface area contributed by atoms with Gasteiger partial charge in [-0.3, -0.25) is 0 Å². The van der Waals surface area contributed by atoms with Gasteiger partial charge in [0.05, 0.1) is 12.2 Å². The molecule has 0 aliphatic carbocycles. The van der Waals surface area contributed by atoms with Crippen molar-refractivity contribution < 1.29 is 14.6 Å². The molecule has 0 bridgehead atoms. The minimum Gasteiger partial charge on any atom is -0.508 e. The Morgan fingerprint density at radius 2 is 1.84 bits per heavy atom. The van der Waals surface area contributed by atoms with Crippen molar-refractivity contribution >= 4 is 5.97 Å². The monoisotopic (exact) mass is 256 g/mol. The summed E-state index contributed by atoms with van der Waals surface area (Å²) in [7, 11) is 0. The fraction of sp³-hybridized carbons (Fsp3) is 0.188. The number of carbonyl (C=O) groups excluding carboxylic acids is 1. The second kappa shape index (κ2) is 6.05. The molecular formula is C16H16O3. The molecule has 98 valence electrons. The predicted octanol–water partition coefficient (Wildman–Crippen LogP) is 3.16. The van der Waals surface area contributed by atoms with Crippen LogP contribution in [-0.4, -0.2) is 17.7 Å². The summed E-state index contributed by atoms with van der Waals surface area (Å²) in [5.41, 5.74) is 2.69. The van der Waals surface area contributed by atoms with Gasteiger partial charge in [0.15, 0.2) is 0 Å². The van der Waals surface area contributed by atoms with Crippen LogP contribution in [0.3, 0.4) is 0 Å². The minimum atomic E-state index is -0.296. The summed E-state index contributed by atoms with van der Waals surface area (Å²) >= 11 is 0. The number of benzene rings is 2. The lowest BCUT2D eigenvalue weighted by molar-refractivity contribution is 0.0526. The summed E-state index contributed by atoms with van der Waals surface area (Å²) in [4.78, 5) is 11.6. The molecule has 0 fully saturated rings. The Bertz CT molecular complexity index is 558. The van der Waals surface area contributed by atoms with Crippen LogP contribution in [0, 0.1) is 0 Å². The van der Waals surface area contributed by atoms with E-state index in [1.807, 2.05) is 30.3 Å². The average Bonchev–Trinajstić information content (AvgIpc) is 2.42. The molecule has 0 aliphatic rings. The molecule has 0 heterocycles. The van der Waals surface area contributed by atoms with Crippen LogP contribution in [-0.2, 0) is 11.2 Å². The normalized spacial score (nSPS) is 10.2. The van der Waals surface area contributed by atoms with Crippen LogP contribution in [0.15, 0.2) is 48.5 Å². The second-order valence-electron chi connectivity index (χ2n) is 4.26. The van der Waals surface area contributed by atoms with E-state index in [0.717, 1.165) is 11.1 Å². The third-order valence-corrected chi connectivity index (χ3v) is 2.78. The van der Waals surface area contributed by atoms with Crippen LogP contribution in [0.1, 0.15) is 28.4 Å². The van der Waals surface area contributed by atoms with E-state index < -0.39 is 0 Å². The van der Waals surface area contributed by atoms with Crippen LogP contribution in [0.25, 0.3) is 0 Å². The Morgan fingerprint density at radius 1 is 1.11 bits per heavy atom. The molecule has 0 aromatic heterocycles. The fourth-order valence-electron chi connectivity index (χ4n) is 1.87. The van der Waals surface area contributed by atoms with Crippen molar-refractivity contribution in [1.82, 2.24) is 0 Å². The molecule has 0 radical (unpaired) electrons. The zero-order chi connectivity index (χ0) is 13.7.